The van der Waals surface area contributed by atoms with E-state index >= 15 is 0 Å². The molecule has 6 nitrogen and oxygen atoms in total. The molecule has 0 saturated heterocycles. The highest BCUT2D eigenvalue weighted by Gasteiger charge is 2.19. The van der Waals surface area contributed by atoms with Crippen LogP contribution in [0, 0.1) is 13.8 Å². The quantitative estimate of drug-likeness (QED) is 0.731. The van der Waals surface area contributed by atoms with E-state index in [2.05, 4.69) is 15.6 Å². The van der Waals surface area contributed by atoms with E-state index in [1.165, 1.54) is 0 Å². The zero-order valence-electron chi connectivity index (χ0n) is 14.8. The number of benzene rings is 2. The fourth-order valence-corrected chi connectivity index (χ4v) is 2.71. The van der Waals surface area contributed by atoms with Crippen molar-refractivity contribution in [1.82, 2.24) is 15.0 Å². The molecule has 3 aromatic rings. The summed E-state index contributed by atoms with van der Waals surface area (Å²) in [6.07, 6.45) is 0. The van der Waals surface area contributed by atoms with E-state index in [9.17, 15) is 4.79 Å². The molecule has 0 fully saturated rings. The van der Waals surface area contributed by atoms with Crippen molar-refractivity contribution in [2.24, 2.45) is 0 Å². The van der Waals surface area contributed by atoms with Crippen molar-refractivity contribution >= 4 is 23.2 Å². The van der Waals surface area contributed by atoms with Gasteiger partial charge in [0.1, 0.15) is 5.75 Å². The smallest absolute Gasteiger partial charge is 0.278 e. The van der Waals surface area contributed by atoms with Gasteiger partial charge >= 0.3 is 0 Å². The molecule has 2 aromatic carbocycles. The van der Waals surface area contributed by atoms with E-state index in [4.69, 9.17) is 16.3 Å². The molecule has 1 aromatic heterocycles. The number of nitrogens with one attached hydrogen (secondary N) is 1. The van der Waals surface area contributed by atoms with Crippen LogP contribution in [-0.4, -0.2) is 27.5 Å². The number of aromatic nitrogens is 3. The largest absolute Gasteiger partial charge is 0.492 e. The zero-order chi connectivity index (χ0) is 18.7. The maximum Gasteiger partial charge on any atom is 0.278 e. The fourth-order valence-electron chi connectivity index (χ4n) is 2.53. The normalized spacial score (nSPS) is 10.6. The molecule has 26 heavy (non-hydrogen) atoms. The van der Waals surface area contributed by atoms with Gasteiger partial charge in [-0.2, -0.15) is 0 Å². The standard InChI is InChI=1S/C19H19ClN4O2/c1-4-26-17-10-7-14(20)11-16(17)21-19(25)18-13(3)24(23-22-18)15-8-5-12(2)6-9-15/h5-11H,4H2,1-3H3,(H,21,25). The number of halogens is 1. The van der Waals surface area contributed by atoms with Gasteiger partial charge in [-0.25, -0.2) is 4.68 Å². The minimum Gasteiger partial charge on any atom is -0.492 e. The van der Waals surface area contributed by atoms with Gasteiger partial charge in [0.25, 0.3) is 5.91 Å². The van der Waals surface area contributed by atoms with E-state index in [1.54, 1.807) is 29.8 Å². The number of rotatable bonds is 5. The Morgan fingerprint density at radius 1 is 1.19 bits per heavy atom. The number of carbonyl (C=O) groups excluding carboxylic acids is 1. The maximum absolute atomic E-state index is 12.7. The summed E-state index contributed by atoms with van der Waals surface area (Å²) in [4.78, 5) is 12.7. The monoisotopic (exact) mass is 370 g/mol. The van der Waals surface area contributed by atoms with Crippen LogP contribution in [0.4, 0.5) is 5.69 Å². The molecule has 0 aliphatic carbocycles. The summed E-state index contributed by atoms with van der Waals surface area (Å²) in [7, 11) is 0. The summed E-state index contributed by atoms with van der Waals surface area (Å²) in [5, 5.41) is 11.4. The molecule has 0 bridgehead atoms. The van der Waals surface area contributed by atoms with E-state index in [0.29, 0.717) is 28.8 Å². The minimum absolute atomic E-state index is 0.244. The highest BCUT2D eigenvalue weighted by molar-refractivity contribution is 6.31. The van der Waals surface area contributed by atoms with Gasteiger partial charge in [0.15, 0.2) is 5.69 Å². The molecule has 0 aliphatic rings. The zero-order valence-corrected chi connectivity index (χ0v) is 15.5. The third-order valence-corrected chi connectivity index (χ3v) is 4.11. The van der Waals surface area contributed by atoms with E-state index in [1.807, 2.05) is 38.1 Å². The number of carbonyl (C=O) groups is 1. The van der Waals surface area contributed by atoms with Crippen molar-refractivity contribution in [2.45, 2.75) is 20.8 Å². The topological polar surface area (TPSA) is 69.0 Å². The first-order valence-electron chi connectivity index (χ1n) is 8.22. The van der Waals surface area contributed by atoms with Crippen LogP contribution in [0.1, 0.15) is 28.7 Å². The van der Waals surface area contributed by atoms with Crippen LogP contribution < -0.4 is 10.1 Å². The molecule has 1 amide bonds. The van der Waals surface area contributed by atoms with Crippen LogP contribution >= 0.6 is 11.6 Å². The van der Waals surface area contributed by atoms with Crippen molar-refractivity contribution in [3.05, 3.63) is 64.4 Å². The van der Waals surface area contributed by atoms with Crippen molar-refractivity contribution in [2.75, 3.05) is 11.9 Å². The molecule has 3 rings (SSSR count). The second-order valence-corrected chi connectivity index (χ2v) is 6.23. The predicted octanol–water partition coefficient (Wildman–Crippen LogP) is 4.19. The van der Waals surface area contributed by atoms with Gasteiger partial charge in [0.05, 0.1) is 23.7 Å². The lowest BCUT2D eigenvalue weighted by molar-refractivity contribution is 0.102. The van der Waals surface area contributed by atoms with Gasteiger partial charge in [-0.1, -0.05) is 34.5 Å². The number of amides is 1. The second-order valence-electron chi connectivity index (χ2n) is 5.80. The molecule has 134 valence electrons. The average Bonchev–Trinajstić information content (AvgIpc) is 3.00. The molecule has 1 heterocycles. The van der Waals surface area contributed by atoms with Gasteiger partial charge in [0.2, 0.25) is 0 Å². The lowest BCUT2D eigenvalue weighted by atomic mass is 10.2. The first kappa shape index (κ1) is 17.9. The molecule has 0 radical (unpaired) electrons. The predicted molar refractivity (Wildman–Crippen MR) is 101 cm³/mol. The summed E-state index contributed by atoms with van der Waals surface area (Å²) in [5.74, 6) is 0.179. The fraction of sp³-hybridized carbons (Fsp3) is 0.211. The number of hydrogen-bond acceptors (Lipinski definition) is 4. The SMILES string of the molecule is CCOc1ccc(Cl)cc1NC(=O)c1nnn(-c2ccc(C)cc2)c1C. The Morgan fingerprint density at radius 3 is 2.62 bits per heavy atom. The Balaban J connectivity index is 1.88. The number of hydrogen-bond donors (Lipinski definition) is 1. The summed E-state index contributed by atoms with van der Waals surface area (Å²) >= 11 is 6.04. The van der Waals surface area contributed by atoms with Crippen molar-refractivity contribution in [3.8, 4) is 11.4 Å². The molecule has 0 unspecified atom stereocenters. The summed E-state index contributed by atoms with van der Waals surface area (Å²) < 4.78 is 7.16. The molecular formula is C19H19ClN4O2. The minimum atomic E-state index is -0.371. The first-order chi connectivity index (χ1) is 12.5. The molecule has 0 atom stereocenters. The summed E-state index contributed by atoms with van der Waals surface area (Å²) in [5.41, 5.74) is 3.37. The van der Waals surface area contributed by atoms with Crippen molar-refractivity contribution in [1.29, 1.82) is 0 Å². The molecule has 0 saturated carbocycles. The van der Waals surface area contributed by atoms with Crippen LogP contribution in [0.2, 0.25) is 5.02 Å². The van der Waals surface area contributed by atoms with Crippen LogP contribution in [-0.2, 0) is 0 Å². The summed E-state index contributed by atoms with van der Waals surface area (Å²) in [6.45, 7) is 6.17. The Bertz CT molecular complexity index is 935. The third-order valence-electron chi connectivity index (χ3n) is 3.88. The average molecular weight is 371 g/mol. The van der Waals surface area contributed by atoms with Crippen LogP contribution in [0.15, 0.2) is 42.5 Å². The molecular weight excluding hydrogens is 352 g/mol. The van der Waals surface area contributed by atoms with Gasteiger partial charge in [0, 0.05) is 5.02 Å². The van der Waals surface area contributed by atoms with Crippen LogP contribution in [0.3, 0.4) is 0 Å². The molecule has 1 N–H and O–H groups in total. The van der Waals surface area contributed by atoms with Gasteiger partial charge in [-0.15, -0.1) is 5.10 Å². The van der Waals surface area contributed by atoms with Gasteiger partial charge in [-0.05, 0) is 51.1 Å². The molecule has 0 aliphatic heterocycles. The lowest BCUT2D eigenvalue weighted by Crippen LogP contribution is -2.15. The highest BCUT2D eigenvalue weighted by atomic mass is 35.5. The van der Waals surface area contributed by atoms with Crippen LogP contribution in [0.5, 0.6) is 5.75 Å². The first-order valence-corrected chi connectivity index (χ1v) is 8.60. The van der Waals surface area contributed by atoms with Gasteiger partial charge in [-0.3, -0.25) is 4.79 Å². The Morgan fingerprint density at radius 2 is 1.92 bits per heavy atom. The maximum atomic E-state index is 12.7. The number of aryl methyl sites for hydroxylation is 1. The highest BCUT2D eigenvalue weighted by Crippen LogP contribution is 2.28. The number of anilines is 1. The lowest BCUT2D eigenvalue weighted by Gasteiger charge is -2.11. The van der Waals surface area contributed by atoms with Gasteiger partial charge < -0.3 is 10.1 Å². The van der Waals surface area contributed by atoms with E-state index in [-0.39, 0.29) is 11.6 Å². The van der Waals surface area contributed by atoms with E-state index in [0.717, 1.165) is 11.3 Å². The second kappa shape index (κ2) is 7.58. The number of ether oxygens (including phenoxy) is 1. The molecule has 7 heteroatoms. The van der Waals surface area contributed by atoms with Crippen LogP contribution in [0.25, 0.3) is 5.69 Å². The molecule has 0 spiro atoms. The Kier molecular flexibility index (Phi) is 5.23. The summed E-state index contributed by atoms with van der Waals surface area (Å²) in [6, 6.07) is 12.9. The Hall–Kier alpha value is -2.86. The van der Waals surface area contributed by atoms with Crippen molar-refractivity contribution in [3.63, 3.8) is 0 Å². The third kappa shape index (κ3) is 3.70. The van der Waals surface area contributed by atoms with Crippen molar-refractivity contribution < 1.29 is 9.53 Å². The number of nitrogens with zero attached hydrogens (tertiary/aromatic N) is 3. The van der Waals surface area contributed by atoms with E-state index < -0.39 is 0 Å². The Labute approximate surface area is 156 Å².